The van der Waals surface area contributed by atoms with Crippen molar-refractivity contribution in [3.8, 4) is 17.0 Å². The summed E-state index contributed by atoms with van der Waals surface area (Å²) in [6.45, 7) is 1.58. The van der Waals surface area contributed by atoms with Gasteiger partial charge in [0.05, 0.1) is 30.7 Å². The molecule has 1 atom stereocenters. The summed E-state index contributed by atoms with van der Waals surface area (Å²) < 4.78 is 16.6. The number of rotatable bonds is 7. The predicted molar refractivity (Wildman–Crippen MR) is 131 cm³/mol. The molecular formula is C27H25ClN2O4. The average Bonchev–Trinajstić information content (AvgIpc) is 3.58. The number of aromatic nitrogens is 1. The number of hydrogen-bond acceptors (Lipinski definition) is 5. The van der Waals surface area contributed by atoms with Crippen molar-refractivity contribution >= 4 is 28.4 Å². The summed E-state index contributed by atoms with van der Waals surface area (Å²) in [5.41, 5.74) is 3.45. The Bertz CT molecular complexity index is 1280. The van der Waals surface area contributed by atoms with Gasteiger partial charge in [-0.1, -0.05) is 17.7 Å². The second kappa shape index (κ2) is 9.87. The molecule has 0 radical (unpaired) electrons. The zero-order chi connectivity index (χ0) is 23.5. The van der Waals surface area contributed by atoms with E-state index in [0.29, 0.717) is 23.9 Å². The van der Waals surface area contributed by atoms with E-state index < -0.39 is 0 Å². The molecule has 5 rings (SSSR count). The number of carbonyl (C=O) groups excluding carboxylic acids is 1. The van der Waals surface area contributed by atoms with Gasteiger partial charge in [-0.05, 0) is 73.0 Å². The quantitative estimate of drug-likeness (QED) is 0.328. The van der Waals surface area contributed by atoms with Crippen LogP contribution in [0.1, 0.15) is 29.0 Å². The van der Waals surface area contributed by atoms with Crippen LogP contribution in [0.15, 0.2) is 71.3 Å². The van der Waals surface area contributed by atoms with Gasteiger partial charge in [-0.3, -0.25) is 4.79 Å². The molecule has 1 saturated heterocycles. The summed E-state index contributed by atoms with van der Waals surface area (Å²) >= 11 is 6.24. The van der Waals surface area contributed by atoms with E-state index in [0.717, 1.165) is 52.9 Å². The highest BCUT2D eigenvalue weighted by atomic mass is 35.5. The first-order valence-electron chi connectivity index (χ1n) is 11.3. The minimum atomic E-state index is -0.169. The van der Waals surface area contributed by atoms with Crippen LogP contribution in [-0.2, 0) is 11.3 Å². The van der Waals surface area contributed by atoms with Gasteiger partial charge in [-0.25, -0.2) is 4.98 Å². The number of furan rings is 1. The maximum atomic E-state index is 13.4. The first-order chi connectivity index (χ1) is 16.6. The van der Waals surface area contributed by atoms with Crippen molar-refractivity contribution in [3.63, 3.8) is 0 Å². The molecule has 0 unspecified atom stereocenters. The predicted octanol–water partition coefficient (Wildman–Crippen LogP) is 5.98. The molecule has 2 aromatic carbocycles. The van der Waals surface area contributed by atoms with Crippen LogP contribution in [0.3, 0.4) is 0 Å². The maximum absolute atomic E-state index is 13.4. The second-order valence-corrected chi connectivity index (χ2v) is 8.80. The largest absolute Gasteiger partial charge is 0.497 e. The van der Waals surface area contributed by atoms with Crippen molar-refractivity contribution in [2.75, 3.05) is 20.3 Å². The van der Waals surface area contributed by atoms with Crippen LogP contribution in [-0.4, -0.2) is 42.2 Å². The highest BCUT2D eigenvalue weighted by Crippen LogP contribution is 2.30. The summed E-state index contributed by atoms with van der Waals surface area (Å²) in [4.78, 5) is 20.1. The minimum Gasteiger partial charge on any atom is -0.497 e. The van der Waals surface area contributed by atoms with Crippen molar-refractivity contribution in [1.82, 2.24) is 9.88 Å². The number of hydrogen-bond donors (Lipinski definition) is 0. The first kappa shape index (κ1) is 22.4. The third-order valence-electron chi connectivity index (χ3n) is 6.05. The fourth-order valence-electron chi connectivity index (χ4n) is 4.32. The lowest BCUT2D eigenvalue weighted by Gasteiger charge is -2.26. The number of fused-ring (bicyclic) bond motifs is 1. The Hall–Kier alpha value is -3.35. The standard InChI is InChI=1S/C27H25ClN2O4/c1-32-22-10-7-18(8-11-22)26-20(14-19-6-9-21(28)15-24(19)29-26)16-30(17-23-4-2-12-33-23)27(31)25-5-3-13-34-25/h3,5-11,13-15,23H,2,4,12,16-17H2,1H3/t23-/m1/s1. The van der Waals surface area contributed by atoms with Gasteiger partial charge in [0.1, 0.15) is 5.75 Å². The van der Waals surface area contributed by atoms with Gasteiger partial charge >= 0.3 is 0 Å². The molecule has 0 N–H and O–H groups in total. The third-order valence-corrected chi connectivity index (χ3v) is 6.29. The molecule has 4 aromatic rings. The smallest absolute Gasteiger partial charge is 0.289 e. The molecule has 1 aliphatic rings. The third kappa shape index (κ3) is 4.79. The molecule has 174 valence electrons. The molecule has 34 heavy (non-hydrogen) atoms. The number of carbonyl (C=O) groups is 1. The number of pyridine rings is 1. The fraction of sp³-hybridized carbons (Fsp3) is 0.259. The second-order valence-electron chi connectivity index (χ2n) is 8.36. The van der Waals surface area contributed by atoms with Crippen molar-refractivity contribution in [1.29, 1.82) is 0 Å². The molecule has 1 aliphatic heterocycles. The SMILES string of the molecule is COc1ccc(-c2nc3cc(Cl)ccc3cc2CN(C[C@H]2CCCO2)C(=O)c2ccco2)cc1. The van der Waals surface area contributed by atoms with E-state index in [4.69, 9.17) is 30.5 Å². The Kier molecular flexibility index (Phi) is 6.52. The Labute approximate surface area is 203 Å². The summed E-state index contributed by atoms with van der Waals surface area (Å²) in [7, 11) is 1.64. The van der Waals surface area contributed by atoms with Gasteiger partial charge in [0, 0.05) is 35.7 Å². The number of halogens is 1. The summed E-state index contributed by atoms with van der Waals surface area (Å²) in [6.07, 6.45) is 3.46. The highest BCUT2D eigenvalue weighted by Gasteiger charge is 2.26. The minimum absolute atomic E-state index is 0.00979. The molecule has 0 aliphatic carbocycles. The van der Waals surface area contributed by atoms with E-state index >= 15 is 0 Å². The van der Waals surface area contributed by atoms with Crippen molar-refractivity contribution in [2.45, 2.75) is 25.5 Å². The van der Waals surface area contributed by atoms with Crippen LogP contribution in [0.2, 0.25) is 5.02 Å². The van der Waals surface area contributed by atoms with E-state index in [9.17, 15) is 4.79 Å². The Morgan fingerprint density at radius 2 is 2.03 bits per heavy atom. The Morgan fingerprint density at radius 1 is 1.18 bits per heavy atom. The van der Waals surface area contributed by atoms with Gasteiger partial charge in [0.15, 0.2) is 5.76 Å². The van der Waals surface area contributed by atoms with Gasteiger partial charge in [-0.2, -0.15) is 0 Å². The van der Waals surface area contributed by atoms with Crippen LogP contribution < -0.4 is 4.74 Å². The van der Waals surface area contributed by atoms with E-state index in [-0.39, 0.29) is 12.0 Å². The first-order valence-corrected chi connectivity index (χ1v) is 11.7. The fourth-order valence-corrected chi connectivity index (χ4v) is 4.48. The highest BCUT2D eigenvalue weighted by molar-refractivity contribution is 6.31. The molecule has 0 saturated carbocycles. The maximum Gasteiger partial charge on any atom is 0.289 e. The molecule has 6 nitrogen and oxygen atoms in total. The molecule has 2 aromatic heterocycles. The van der Waals surface area contributed by atoms with Gasteiger partial charge in [0.2, 0.25) is 0 Å². The summed E-state index contributed by atoms with van der Waals surface area (Å²) in [5, 5.41) is 1.58. The number of nitrogens with zero attached hydrogens (tertiary/aromatic N) is 2. The van der Waals surface area contributed by atoms with Crippen molar-refractivity contribution in [2.24, 2.45) is 0 Å². The molecule has 0 spiro atoms. The number of ether oxygens (including phenoxy) is 2. The Morgan fingerprint density at radius 3 is 2.74 bits per heavy atom. The van der Waals surface area contributed by atoms with Crippen LogP contribution in [0, 0.1) is 0 Å². The molecule has 3 heterocycles. The lowest BCUT2D eigenvalue weighted by molar-refractivity contribution is 0.0484. The monoisotopic (exact) mass is 476 g/mol. The molecule has 1 fully saturated rings. The molecular weight excluding hydrogens is 452 g/mol. The molecule has 0 bridgehead atoms. The normalized spacial score (nSPS) is 15.5. The Balaban J connectivity index is 1.57. The summed E-state index contributed by atoms with van der Waals surface area (Å²) in [6, 6.07) is 18.9. The summed E-state index contributed by atoms with van der Waals surface area (Å²) in [5.74, 6) is 0.907. The average molecular weight is 477 g/mol. The van der Waals surface area contributed by atoms with Gasteiger partial charge in [0.25, 0.3) is 5.91 Å². The topological polar surface area (TPSA) is 64.8 Å². The van der Waals surface area contributed by atoms with E-state index in [1.54, 1.807) is 24.1 Å². The lowest BCUT2D eigenvalue weighted by Crippen LogP contribution is -2.37. The van der Waals surface area contributed by atoms with Gasteiger partial charge < -0.3 is 18.8 Å². The van der Waals surface area contributed by atoms with Crippen molar-refractivity contribution in [3.05, 3.63) is 83.3 Å². The zero-order valence-electron chi connectivity index (χ0n) is 18.9. The van der Waals surface area contributed by atoms with Crippen LogP contribution in [0.4, 0.5) is 0 Å². The number of amides is 1. The molecule has 7 heteroatoms. The van der Waals surface area contributed by atoms with Gasteiger partial charge in [-0.15, -0.1) is 0 Å². The van der Waals surface area contributed by atoms with Crippen LogP contribution in [0.5, 0.6) is 5.75 Å². The van der Waals surface area contributed by atoms with Crippen LogP contribution >= 0.6 is 11.6 Å². The number of methoxy groups -OCH3 is 1. The van der Waals surface area contributed by atoms with E-state index in [1.807, 2.05) is 42.5 Å². The zero-order valence-corrected chi connectivity index (χ0v) is 19.6. The van der Waals surface area contributed by atoms with E-state index in [1.165, 1.54) is 6.26 Å². The van der Waals surface area contributed by atoms with Crippen LogP contribution in [0.25, 0.3) is 22.2 Å². The van der Waals surface area contributed by atoms with E-state index in [2.05, 4.69) is 6.07 Å². The lowest BCUT2D eigenvalue weighted by atomic mass is 10.0. The number of benzene rings is 2. The molecule has 1 amide bonds. The van der Waals surface area contributed by atoms with Crippen molar-refractivity contribution < 1.29 is 18.7 Å².